The van der Waals surface area contributed by atoms with Crippen molar-refractivity contribution in [1.82, 2.24) is 10.3 Å². The van der Waals surface area contributed by atoms with Crippen molar-refractivity contribution in [3.05, 3.63) is 53.2 Å². The van der Waals surface area contributed by atoms with Gasteiger partial charge in [0.05, 0.1) is 11.6 Å². The van der Waals surface area contributed by atoms with Gasteiger partial charge in [-0.15, -0.1) is 0 Å². The third-order valence-corrected chi connectivity index (χ3v) is 3.88. The molecule has 1 fully saturated rings. The van der Waals surface area contributed by atoms with Crippen molar-refractivity contribution in [3.8, 4) is 0 Å². The van der Waals surface area contributed by atoms with Crippen LogP contribution in [0.15, 0.2) is 42.6 Å². The van der Waals surface area contributed by atoms with Gasteiger partial charge in [-0.2, -0.15) is 0 Å². The Kier molecular flexibility index (Phi) is 4.10. The monoisotopic (exact) mass is 303 g/mol. The molecular weight excluding hydrogens is 286 g/mol. The van der Waals surface area contributed by atoms with Crippen LogP contribution in [0.25, 0.3) is 0 Å². The molecule has 0 radical (unpaired) electrons. The number of aromatic nitrogens is 1. The number of hydrogen-bond donors (Lipinski definition) is 2. The summed E-state index contributed by atoms with van der Waals surface area (Å²) in [6, 6.07) is 11.9. The van der Waals surface area contributed by atoms with Gasteiger partial charge in [-0.05, 0) is 36.8 Å². The molecule has 5 heteroatoms. The Bertz CT molecular complexity index is 592. The third kappa shape index (κ3) is 3.35. The number of rotatable bonds is 3. The van der Waals surface area contributed by atoms with Gasteiger partial charge in [0.1, 0.15) is 11.4 Å². The Morgan fingerprint density at radius 3 is 2.67 bits per heavy atom. The molecule has 0 saturated carbocycles. The van der Waals surface area contributed by atoms with E-state index in [2.05, 4.69) is 34.7 Å². The number of pyridine rings is 1. The fourth-order valence-electron chi connectivity index (χ4n) is 2.42. The lowest BCUT2D eigenvalue weighted by molar-refractivity contribution is -0.0572. The first-order valence-electron chi connectivity index (χ1n) is 6.99. The highest BCUT2D eigenvalue weighted by molar-refractivity contribution is 6.30. The number of nitrogens with one attached hydrogen (secondary N) is 2. The van der Waals surface area contributed by atoms with Crippen LogP contribution in [0, 0.1) is 0 Å². The van der Waals surface area contributed by atoms with E-state index < -0.39 is 0 Å². The molecule has 0 spiro atoms. The van der Waals surface area contributed by atoms with Gasteiger partial charge in [0, 0.05) is 25.0 Å². The number of anilines is 2. The number of benzene rings is 1. The highest BCUT2D eigenvalue weighted by Crippen LogP contribution is 2.28. The van der Waals surface area contributed by atoms with Gasteiger partial charge < -0.3 is 15.4 Å². The summed E-state index contributed by atoms with van der Waals surface area (Å²) in [6.07, 6.45) is 1.63. The third-order valence-electron chi connectivity index (χ3n) is 3.66. The molecule has 1 aromatic heterocycles. The molecule has 1 aliphatic heterocycles. The Hall–Kier alpha value is -1.62. The predicted molar refractivity (Wildman–Crippen MR) is 85.1 cm³/mol. The molecule has 0 unspecified atom stereocenters. The number of hydrogen-bond acceptors (Lipinski definition) is 4. The summed E-state index contributed by atoms with van der Waals surface area (Å²) < 4.78 is 5.91. The van der Waals surface area contributed by atoms with Gasteiger partial charge in [-0.3, -0.25) is 0 Å². The fourth-order valence-corrected chi connectivity index (χ4v) is 2.53. The Morgan fingerprint density at radius 1 is 1.24 bits per heavy atom. The van der Waals surface area contributed by atoms with Gasteiger partial charge in [0.25, 0.3) is 0 Å². The average molecular weight is 304 g/mol. The van der Waals surface area contributed by atoms with E-state index in [1.807, 2.05) is 24.3 Å². The van der Waals surface area contributed by atoms with Gasteiger partial charge in [0.2, 0.25) is 0 Å². The van der Waals surface area contributed by atoms with Crippen molar-refractivity contribution >= 4 is 23.1 Å². The van der Waals surface area contributed by atoms with Crippen LogP contribution in [0.3, 0.4) is 0 Å². The van der Waals surface area contributed by atoms with Crippen molar-refractivity contribution in [2.75, 3.05) is 25.0 Å². The highest BCUT2D eigenvalue weighted by Gasteiger charge is 2.29. The normalized spacial score (nSPS) is 22.0. The molecule has 21 heavy (non-hydrogen) atoms. The minimum Gasteiger partial charge on any atom is -0.368 e. The number of morpholine rings is 1. The van der Waals surface area contributed by atoms with E-state index in [1.165, 1.54) is 5.56 Å². The van der Waals surface area contributed by atoms with Crippen LogP contribution in [0.1, 0.15) is 12.5 Å². The van der Waals surface area contributed by atoms with Crippen LogP contribution < -0.4 is 10.6 Å². The predicted octanol–water partition coefficient (Wildman–Crippen LogP) is 3.31. The van der Waals surface area contributed by atoms with Crippen LogP contribution in [-0.4, -0.2) is 24.7 Å². The summed E-state index contributed by atoms with van der Waals surface area (Å²) in [7, 11) is 0. The van der Waals surface area contributed by atoms with E-state index in [0.717, 1.165) is 31.2 Å². The maximum Gasteiger partial charge on any atom is 0.130 e. The zero-order valence-corrected chi connectivity index (χ0v) is 12.7. The number of ether oxygens (including phenoxy) is 1. The molecule has 0 amide bonds. The summed E-state index contributed by atoms with van der Waals surface area (Å²) in [5.74, 6) is 0.772. The maximum absolute atomic E-state index is 5.91. The summed E-state index contributed by atoms with van der Waals surface area (Å²) in [4.78, 5) is 4.22. The average Bonchev–Trinajstić information content (AvgIpc) is 2.51. The molecule has 0 bridgehead atoms. The molecule has 3 rings (SSSR count). The standard InChI is InChI=1S/C16H18ClN3O/c1-16(11-18-8-9-21-16)12-2-5-14(6-3-12)20-15-7-4-13(17)10-19-15/h2-7,10,18H,8-9,11H2,1H3,(H,19,20)/t16-/m0/s1. The van der Waals surface area contributed by atoms with Crippen molar-refractivity contribution in [2.45, 2.75) is 12.5 Å². The van der Waals surface area contributed by atoms with E-state index in [4.69, 9.17) is 16.3 Å². The molecule has 1 atom stereocenters. The van der Waals surface area contributed by atoms with Crippen LogP contribution in [0.4, 0.5) is 11.5 Å². The summed E-state index contributed by atoms with van der Waals surface area (Å²) in [5, 5.41) is 7.25. The second-order valence-electron chi connectivity index (χ2n) is 5.32. The van der Waals surface area contributed by atoms with Crippen molar-refractivity contribution in [2.24, 2.45) is 0 Å². The molecular formula is C16H18ClN3O. The molecule has 4 nitrogen and oxygen atoms in total. The molecule has 110 valence electrons. The highest BCUT2D eigenvalue weighted by atomic mass is 35.5. The number of nitrogens with zero attached hydrogens (tertiary/aromatic N) is 1. The Balaban J connectivity index is 1.73. The van der Waals surface area contributed by atoms with E-state index in [9.17, 15) is 0 Å². The molecule has 0 aliphatic carbocycles. The van der Waals surface area contributed by atoms with E-state index in [1.54, 1.807) is 6.20 Å². The SMILES string of the molecule is C[C@@]1(c2ccc(Nc3ccc(Cl)cn3)cc2)CNCCO1. The second kappa shape index (κ2) is 6.02. The summed E-state index contributed by atoms with van der Waals surface area (Å²) in [6.45, 7) is 4.60. The van der Waals surface area contributed by atoms with Gasteiger partial charge in [0.15, 0.2) is 0 Å². The molecule has 1 saturated heterocycles. The van der Waals surface area contributed by atoms with Crippen LogP contribution in [-0.2, 0) is 10.3 Å². The lowest BCUT2D eigenvalue weighted by atomic mass is 9.94. The first kappa shape index (κ1) is 14.3. The minimum absolute atomic E-state index is 0.255. The minimum atomic E-state index is -0.255. The van der Waals surface area contributed by atoms with Crippen LogP contribution >= 0.6 is 11.6 Å². The topological polar surface area (TPSA) is 46.2 Å². The van der Waals surface area contributed by atoms with Crippen LogP contribution in [0.5, 0.6) is 0 Å². The van der Waals surface area contributed by atoms with Crippen LogP contribution in [0.2, 0.25) is 5.02 Å². The van der Waals surface area contributed by atoms with Crippen molar-refractivity contribution in [3.63, 3.8) is 0 Å². The molecule has 1 aromatic carbocycles. The van der Waals surface area contributed by atoms with E-state index >= 15 is 0 Å². The zero-order chi connectivity index (χ0) is 14.7. The molecule has 1 aliphatic rings. The van der Waals surface area contributed by atoms with E-state index in [0.29, 0.717) is 5.02 Å². The quantitative estimate of drug-likeness (QED) is 0.913. The smallest absolute Gasteiger partial charge is 0.130 e. The lowest BCUT2D eigenvalue weighted by Crippen LogP contribution is -2.45. The first-order valence-corrected chi connectivity index (χ1v) is 7.37. The Labute approximate surface area is 129 Å². The second-order valence-corrected chi connectivity index (χ2v) is 5.76. The van der Waals surface area contributed by atoms with Crippen molar-refractivity contribution in [1.29, 1.82) is 0 Å². The fraction of sp³-hybridized carbons (Fsp3) is 0.312. The molecule has 2 aromatic rings. The maximum atomic E-state index is 5.91. The summed E-state index contributed by atoms with van der Waals surface area (Å²) >= 11 is 5.83. The molecule has 2 N–H and O–H groups in total. The zero-order valence-electron chi connectivity index (χ0n) is 11.9. The molecule has 2 heterocycles. The van der Waals surface area contributed by atoms with E-state index in [-0.39, 0.29) is 5.60 Å². The Morgan fingerprint density at radius 2 is 2.05 bits per heavy atom. The largest absolute Gasteiger partial charge is 0.368 e. The van der Waals surface area contributed by atoms with Gasteiger partial charge in [-0.25, -0.2) is 4.98 Å². The van der Waals surface area contributed by atoms with Gasteiger partial charge >= 0.3 is 0 Å². The lowest BCUT2D eigenvalue weighted by Gasteiger charge is -2.35. The number of halogens is 1. The van der Waals surface area contributed by atoms with Gasteiger partial charge in [-0.1, -0.05) is 23.7 Å². The first-order chi connectivity index (χ1) is 10.2. The summed E-state index contributed by atoms with van der Waals surface area (Å²) in [5.41, 5.74) is 1.90. The van der Waals surface area contributed by atoms with Crippen molar-refractivity contribution < 1.29 is 4.74 Å².